The van der Waals surface area contributed by atoms with Gasteiger partial charge in [0.1, 0.15) is 17.2 Å². The quantitative estimate of drug-likeness (QED) is 0.105. The van der Waals surface area contributed by atoms with Crippen molar-refractivity contribution in [1.29, 1.82) is 0 Å². The number of rotatable bonds is 24. The largest absolute Gasteiger partial charge is 0.493 e. The van der Waals surface area contributed by atoms with E-state index in [2.05, 4.69) is 41.5 Å². The van der Waals surface area contributed by atoms with Crippen LogP contribution in [0, 0.1) is 17.8 Å². The van der Waals surface area contributed by atoms with Crippen molar-refractivity contribution in [3.8, 4) is 17.2 Å². The molecule has 0 aliphatic heterocycles. The smallest absolute Gasteiger partial charge is 0.188 e. The molecule has 2 aromatic carbocycles. The van der Waals surface area contributed by atoms with E-state index < -0.39 is 0 Å². The summed E-state index contributed by atoms with van der Waals surface area (Å²) in [6.45, 7) is 15.1. The number of benzene rings is 2. The van der Waals surface area contributed by atoms with Gasteiger partial charge in [-0.05, 0) is 57.7 Å². The molecule has 0 amide bonds. The van der Waals surface area contributed by atoms with Gasteiger partial charge in [-0.3, -0.25) is 4.79 Å². The summed E-state index contributed by atoms with van der Waals surface area (Å²) in [4.78, 5) is 13.8. The van der Waals surface area contributed by atoms with E-state index in [1.165, 1.54) is 25.7 Å². The third-order valence-corrected chi connectivity index (χ3v) is 10.4. The van der Waals surface area contributed by atoms with Crippen molar-refractivity contribution in [1.82, 2.24) is 0 Å². The van der Waals surface area contributed by atoms with Gasteiger partial charge in [-0.15, -0.1) is 0 Å². The number of hydrogen-bond acceptors (Lipinski definition) is 4. The van der Waals surface area contributed by atoms with Gasteiger partial charge in [0, 0.05) is 12.1 Å². The van der Waals surface area contributed by atoms with E-state index in [0.717, 1.165) is 62.4 Å². The van der Waals surface area contributed by atoms with Gasteiger partial charge in [0.05, 0.1) is 40.7 Å². The molecule has 0 aliphatic rings. The van der Waals surface area contributed by atoms with Gasteiger partial charge in [-0.25, -0.2) is 0 Å². The molecule has 0 bridgehead atoms. The highest BCUT2D eigenvalue weighted by molar-refractivity contribution is 7.66. The zero-order valence-electron chi connectivity index (χ0n) is 28.1. The molecule has 4 nitrogen and oxygen atoms in total. The summed E-state index contributed by atoms with van der Waals surface area (Å²) < 4.78 is 19.6. The molecule has 0 heterocycles. The summed E-state index contributed by atoms with van der Waals surface area (Å²) >= 11 is 12.9. The Bertz CT molecular complexity index is 1050. The molecule has 0 radical (unpaired) electrons. The second kappa shape index (κ2) is 22.1. The molecule has 0 saturated carbocycles. The highest BCUT2D eigenvalue weighted by atomic mass is 35.5. The molecular weight excluding hydrogens is 610 g/mol. The van der Waals surface area contributed by atoms with Crippen LogP contribution in [0.15, 0.2) is 30.3 Å². The first-order valence-corrected chi connectivity index (χ1v) is 18.9. The van der Waals surface area contributed by atoms with E-state index in [9.17, 15) is 4.79 Å². The molecule has 248 valence electrons. The molecule has 4 unspecified atom stereocenters. The number of halogens is 2. The van der Waals surface area contributed by atoms with E-state index in [1.807, 2.05) is 12.1 Å². The van der Waals surface area contributed by atoms with E-state index in [-0.39, 0.29) is 14.1 Å². The first-order chi connectivity index (χ1) is 21.3. The topological polar surface area (TPSA) is 44.8 Å². The maximum Gasteiger partial charge on any atom is 0.188 e. The molecule has 44 heavy (non-hydrogen) atoms. The minimum Gasteiger partial charge on any atom is -0.493 e. The first-order valence-electron chi connectivity index (χ1n) is 17.1. The van der Waals surface area contributed by atoms with Crippen LogP contribution < -0.4 is 19.5 Å². The number of carbonyl (C=O) groups is 1. The van der Waals surface area contributed by atoms with Crippen LogP contribution in [0.25, 0.3) is 0 Å². The summed E-state index contributed by atoms with van der Waals surface area (Å²) in [7, 11) is -0.263. The monoisotopic (exact) mass is 666 g/mol. The number of ether oxygens (including phenoxy) is 3. The second-order valence-corrected chi connectivity index (χ2v) is 14.0. The average Bonchev–Trinajstić information content (AvgIpc) is 3.02. The number of unbranched alkanes of at least 4 members (excludes halogenated alkanes) is 3. The van der Waals surface area contributed by atoms with Crippen molar-refractivity contribution in [2.75, 3.05) is 19.8 Å². The molecule has 4 atom stereocenters. The van der Waals surface area contributed by atoms with Crippen LogP contribution >= 0.6 is 31.8 Å². The van der Waals surface area contributed by atoms with Gasteiger partial charge in [0.2, 0.25) is 0 Å². The Morgan fingerprint density at radius 3 is 1.48 bits per heavy atom. The molecule has 0 aliphatic carbocycles. The zero-order chi connectivity index (χ0) is 32.3. The summed E-state index contributed by atoms with van der Waals surface area (Å²) in [5.41, 5.74) is 0.211. The molecule has 2 rings (SSSR count). The van der Waals surface area contributed by atoms with Gasteiger partial charge in [0.15, 0.2) is 5.52 Å². The van der Waals surface area contributed by atoms with Gasteiger partial charge in [0.25, 0.3) is 0 Å². The second-order valence-electron chi connectivity index (χ2n) is 12.0. The van der Waals surface area contributed by atoms with Crippen LogP contribution in [-0.4, -0.2) is 25.3 Å². The Morgan fingerprint density at radius 1 is 0.682 bits per heavy atom. The van der Waals surface area contributed by atoms with Gasteiger partial charge in [-0.2, -0.15) is 0 Å². The Labute approximate surface area is 280 Å². The Balaban J connectivity index is 2.53. The Morgan fingerprint density at radius 2 is 1.09 bits per heavy atom. The van der Waals surface area contributed by atoms with Crippen LogP contribution in [0.4, 0.5) is 0 Å². The van der Waals surface area contributed by atoms with Crippen LogP contribution in [0.1, 0.15) is 129 Å². The Hall–Kier alpha value is -1.48. The molecule has 2 aromatic rings. The first kappa shape index (κ1) is 38.7. The van der Waals surface area contributed by atoms with Crippen LogP contribution in [0.5, 0.6) is 17.2 Å². The average molecular weight is 668 g/mol. The van der Waals surface area contributed by atoms with Crippen molar-refractivity contribution < 1.29 is 19.0 Å². The lowest BCUT2D eigenvalue weighted by molar-refractivity contribution is 0.108. The van der Waals surface area contributed by atoms with E-state index in [1.54, 1.807) is 18.2 Å². The minimum absolute atomic E-state index is 0.134. The summed E-state index contributed by atoms with van der Waals surface area (Å²) in [6, 6.07) is 9.10. The lowest BCUT2D eigenvalue weighted by Gasteiger charge is -2.23. The lowest BCUT2D eigenvalue weighted by atomic mass is 10.0. The van der Waals surface area contributed by atoms with Crippen molar-refractivity contribution in [2.45, 2.75) is 119 Å². The van der Waals surface area contributed by atoms with Crippen molar-refractivity contribution in [3.63, 3.8) is 0 Å². The predicted octanol–water partition coefficient (Wildman–Crippen LogP) is 11.9. The molecule has 0 spiro atoms. The summed E-state index contributed by atoms with van der Waals surface area (Å²) in [5, 5.41) is 1.47. The lowest BCUT2D eigenvalue weighted by Crippen LogP contribution is -2.19. The van der Waals surface area contributed by atoms with E-state index in [0.29, 0.717) is 64.7 Å². The van der Waals surface area contributed by atoms with E-state index >= 15 is 0 Å². The maximum absolute atomic E-state index is 13.8. The SMILES string of the molecule is CCCCC(CC)COc1cc(OCC(CC)CCCC)c(PC(=O)c2c(Cl)cccc2Cl)c(OCC(CC)CCCC)c1. The normalized spacial score (nSPS) is 13.6. The Kier molecular flexibility index (Phi) is 19.5. The minimum atomic E-state index is -0.263. The fraction of sp³-hybridized carbons (Fsp3) is 0.649. The highest BCUT2D eigenvalue weighted by Gasteiger charge is 2.23. The third kappa shape index (κ3) is 13.1. The number of carbonyl (C=O) groups excluding carboxylic acids is 1. The van der Waals surface area contributed by atoms with Crippen molar-refractivity contribution in [2.24, 2.45) is 17.8 Å². The van der Waals surface area contributed by atoms with Crippen molar-refractivity contribution in [3.05, 3.63) is 45.9 Å². The van der Waals surface area contributed by atoms with Crippen LogP contribution in [0.2, 0.25) is 10.0 Å². The van der Waals surface area contributed by atoms with Gasteiger partial charge < -0.3 is 14.2 Å². The van der Waals surface area contributed by atoms with Crippen LogP contribution in [-0.2, 0) is 0 Å². The van der Waals surface area contributed by atoms with Crippen LogP contribution in [0.3, 0.4) is 0 Å². The summed E-state index contributed by atoms with van der Waals surface area (Å²) in [5.74, 6) is 3.41. The summed E-state index contributed by atoms with van der Waals surface area (Å²) in [6.07, 6.45) is 13.6. The predicted molar refractivity (Wildman–Crippen MR) is 192 cm³/mol. The number of hydrogen-bond donors (Lipinski definition) is 0. The standard InChI is InChI=1S/C37H57Cl2O4P/c1-7-13-17-27(10-4)24-41-30-22-33(42-25-28(11-5)18-14-8-2)36(34(23-30)43-26-29(12-6)19-15-9-3)44-37(40)35-31(38)20-16-21-32(35)39/h16,20-23,27-29,44H,7-15,17-19,24-26H2,1-6H3. The van der Waals surface area contributed by atoms with E-state index in [4.69, 9.17) is 37.4 Å². The molecule has 0 fully saturated rings. The third-order valence-electron chi connectivity index (χ3n) is 8.53. The highest BCUT2D eigenvalue weighted by Crippen LogP contribution is 2.38. The fourth-order valence-electron chi connectivity index (χ4n) is 5.21. The molecule has 0 N–H and O–H groups in total. The molecular formula is C37H57Cl2O4P. The molecule has 7 heteroatoms. The van der Waals surface area contributed by atoms with Crippen molar-refractivity contribution >= 4 is 42.6 Å². The molecule has 0 saturated heterocycles. The van der Waals surface area contributed by atoms with Gasteiger partial charge >= 0.3 is 0 Å². The fourth-order valence-corrected chi connectivity index (χ4v) is 7.10. The zero-order valence-corrected chi connectivity index (χ0v) is 30.6. The molecule has 0 aromatic heterocycles. The maximum atomic E-state index is 13.8. The van der Waals surface area contributed by atoms with Gasteiger partial charge in [-0.1, -0.05) is 129 Å².